The summed E-state index contributed by atoms with van der Waals surface area (Å²) in [7, 11) is 3.41. The molecule has 0 amide bonds. The van der Waals surface area contributed by atoms with Gasteiger partial charge in [0, 0.05) is 31.1 Å². The van der Waals surface area contributed by atoms with Crippen molar-refractivity contribution in [3.63, 3.8) is 0 Å². The Labute approximate surface area is 215 Å². The van der Waals surface area contributed by atoms with Gasteiger partial charge in [0.2, 0.25) is 0 Å². The van der Waals surface area contributed by atoms with E-state index >= 15 is 0 Å². The van der Waals surface area contributed by atoms with Crippen molar-refractivity contribution in [3.8, 4) is 11.5 Å². The van der Waals surface area contributed by atoms with Gasteiger partial charge in [-0.2, -0.15) is 0 Å². The van der Waals surface area contributed by atoms with Gasteiger partial charge in [-0.25, -0.2) is 4.68 Å². The summed E-state index contributed by atoms with van der Waals surface area (Å²) in [4.78, 5) is 6.07. The van der Waals surface area contributed by atoms with Crippen LogP contribution in [-0.4, -0.2) is 65.5 Å². The lowest BCUT2D eigenvalue weighted by atomic mass is 10.0. The smallest absolute Gasteiger partial charge is 0.173 e. The Hall–Kier alpha value is -3.14. The number of thiophene rings is 1. The molecule has 1 unspecified atom stereocenters. The van der Waals surface area contributed by atoms with Gasteiger partial charge in [0.15, 0.2) is 5.82 Å². The van der Waals surface area contributed by atoms with E-state index < -0.39 is 0 Å². The van der Waals surface area contributed by atoms with E-state index in [4.69, 9.17) is 9.47 Å². The normalized spacial score (nSPS) is 14.9. The monoisotopic (exact) mass is 512 g/mol. The van der Waals surface area contributed by atoms with E-state index in [0.29, 0.717) is 6.54 Å². The Bertz CT molecular complexity index is 1190. The molecule has 35 heavy (non-hydrogen) atoms. The second kappa shape index (κ2) is 11.5. The van der Waals surface area contributed by atoms with Crippen LogP contribution in [0.3, 0.4) is 0 Å². The Kier molecular flexibility index (Phi) is 8.22. The number of aromatic nitrogens is 4. The van der Waals surface area contributed by atoms with Crippen LogP contribution in [0.4, 0.5) is 5.69 Å². The summed E-state index contributed by atoms with van der Waals surface area (Å²) < 4.78 is 12.9. The van der Waals surface area contributed by atoms with Gasteiger partial charge in [-0.05, 0) is 51.7 Å². The van der Waals surface area contributed by atoms with Crippen LogP contribution >= 0.6 is 23.7 Å². The average Bonchev–Trinajstić information content (AvgIpc) is 3.58. The summed E-state index contributed by atoms with van der Waals surface area (Å²) in [5.41, 5.74) is 2.28. The molecule has 0 aliphatic carbocycles. The summed E-state index contributed by atoms with van der Waals surface area (Å²) in [6.07, 6.45) is 0. The third kappa shape index (κ3) is 5.42. The van der Waals surface area contributed by atoms with Gasteiger partial charge in [-0.3, -0.25) is 4.90 Å². The largest absolute Gasteiger partial charge is 0.497 e. The van der Waals surface area contributed by atoms with Crippen LogP contribution in [0.15, 0.2) is 66.0 Å². The van der Waals surface area contributed by atoms with Gasteiger partial charge in [-0.1, -0.05) is 30.3 Å². The number of rotatable bonds is 8. The molecule has 3 heterocycles. The van der Waals surface area contributed by atoms with Crippen molar-refractivity contribution in [3.05, 3.63) is 82.3 Å². The number of anilines is 1. The number of ether oxygens (including phenoxy) is 2. The molecule has 1 atom stereocenters. The number of halogens is 1. The van der Waals surface area contributed by atoms with E-state index in [1.165, 1.54) is 4.88 Å². The van der Waals surface area contributed by atoms with Crippen LogP contribution in [0.5, 0.6) is 11.5 Å². The van der Waals surface area contributed by atoms with Crippen LogP contribution in [0.25, 0.3) is 0 Å². The van der Waals surface area contributed by atoms with Crippen LogP contribution in [0.1, 0.15) is 22.3 Å². The maximum atomic E-state index is 5.59. The van der Waals surface area contributed by atoms with Gasteiger partial charge >= 0.3 is 0 Å². The van der Waals surface area contributed by atoms with Crippen LogP contribution in [-0.2, 0) is 6.54 Å². The molecule has 1 saturated heterocycles. The fourth-order valence-corrected chi connectivity index (χ4v) is 5.18. The molecule has 10 heteroatoms. The summed E-state index contributed by atoms with van der Waals surface area (Å²) in [5, 5.41) is 15.0. The zero-order chi connectivity index (χ0) is 23.3. The lowest BCUT2D eigenvalue weighted by molar-refractivity contribution is 0.201. The molecule has 0 radical (unpaired) electrons. The van der Waals surface area contributed by atoms with Crippen molar-refractivity contribution < 1.29 is 9.47 Å². The van der Waals surface area contributed by atoms with E-state index in [-0.39, 0.29) is 18.4 Å². The highest BCUT2D eigenvalue weighted by Gasteiger charge is 2.31. The lowest BCUT2D eigenvalue weighted by Gasteiger charge is -2.40. The van der Waals surface area contributed by atoms with Crippen molar-refractivity contribution in [1.29, 1.82) is 0 Å². The first kappa shape index (κ1) is 25.0. The highest BCUT2D eigenvalue weighted by Crippen LogP contribution is 2.33. The SMILES string of the molecule is COc1ccc(C(c2nnnn2Cc2cccs2)N2CCN(c3ccccc3OC)CC2)cc1.Cl. The lowest BCUT2D eigenvalue weighted by Crippen LogP contribution is -2.48. The van der Waals surface area contributed by atoms with E-state index in [1.807, 2.05) is 28.9 Å². The molecular weight excluding hydrogens is 484 g/mol. The molecule has 5 rings (SSSR count). The van der Waals surface area contributed by atoms with E-state index in [9.17, 15) is 0 Å². The molecule has 0 spiro atoms. The van der Waals surface area contributed by atoms with Crippen molar-refractivity contribution >= 4 is 29.4 Å². The molecule has 1 aliphatic rings. The fourth-order valence-electron chi connectivity index (χ4n) is 4.49. The molecule has 1 aliphatic heterocycles. The summed E-state index contributed by atoms with van der Waals surface area (Å²) >= 11 is 1.71. The molecular formula is C25H29ClN6O2S. The van der Waals surface area contributed by atoms with E-state index in [1.54, 1.807) is 25.6 Å². The Morgan fingerprint density at radius 1 is 0.914 bits per heavy atom. The number of benzene rings is 2. The van der Waals surface area contributed by atoms with E-state index in [0.717, 1.165) is 54.8 Å². The third-order valence-electron chi connectivity index (χ3n) is 6.23. The Morgan fingerprint density at radius 2 is 1.69 bits per heavy atom. The summed E-state index contributed by atoms with van der Waals surface area (Å²) in [6, 6.07) is 20.5. The summed E-state index contributed by atoms with van der Waals surface area (Å²) in [5.74, 6) is 2.59. The fraction of sp³-hybridized carbons (Fsp3) is 0.320. The van der Waals surface area contributed by atoms with Crippen molar-refractivity contribution in [2.24, 2.45) is 0 Å². The highest BCUT2D eigenvalue weighted by molar-refractivity contribution is 7.09. The predicted molar refractivity (Wildman–Crippen MR) is 140 cm³/mol. The minimum absolute atomic E-state index is 0. The molecule has 1 fully saturated rings. The van der Waals surface area contributed by atoms with Crippen molar-refractivity contribution in [2.75, 3.05) is 45.3 Å². The molecule has 184 valence electrons. The zero-order valence-electron chi connectivity index (χ0n) is 19.8. The topological polar surface area (TPSA) is 68.5 Å². The number of tetrazole rings is 1. The van der Waals surface area contributed by atoms with Gasteiger partial charge < -0.3 is 14.4 Å². The van der Waals surface area contributed by atoms with Crippen molar-refractivity contribution in [1.82, 2.24) is 25.1 Å². The predicted octanol–water partition coefficient (Wildman–Crippen LogP) is 4.13. The molecule has 8 nitrogen and oxygen atoms in total. The zero-order valence-corrected chi connectivity index (χ0v) is 21.4. The first-order chi connectivity index (χ1) is 16.8. The second-order valence-corrected chi connectivity index (χ2v) is 9.18. The van der Waals surface area contributed by atoms with Crippen molar-refractivity contribution in [2.45, 2.75) is 12.6 Å². The first-order valence-corrected chi connectivity index (χ1v) is 12.2. The first-order valence-electron chi connectivity index (χ1n) is 11.3. The summed E-state index contributed by atoms with van der Waals surface area (Å²) in [6.45, 7) is 4.19. The number of piperazine rings is 1. The molecule has 4 aromatic rings. The third-order valence-corrected chi connectivity index (χ3v) is 7.09. The van der Waals surface area contributed by atoms with Gasteiger partial charge in [0.05, 0.1) is 32.5 Å². The van der Waals surface area contributed by atoms with Crippen LogP contribution in [0, 0.1) is 0 Å². The molecule has 2 aromatic heterocycles. The molecule has 0 saturated carbocycles. The minimum atomic E-state index is -0.0549. The van der Waals surface area contributed by atoms with E-state index in [2.05, 4.69) is 67.1 Å². The number of hydrogen-bond donors (Lipinski definition) is 0. The maximum absolute atomic E-state index is 5.59. The standard InChI is InChI=1S/C25H28N6O2S.ClH/c1-32-20-11-9-19(10-12-20)24(25-26-27-28-31(25)18-21-6-5-17-34-21)30-15-13-29(14-16-30)22-7-3-4-8-23(22)33-2;/h3-12,17,24H,13-16,18H2,1-2H3;1H. The Morgan fingerprint density at radius 3 is 2.37 bits per heavy atom. The number of para-hydroxylation sites is 2. The average molecular weight is 513 g/mol. The number of methoxy groups -OCH3 is 2. The minimum Gasteiger partial charge on any atom is -0.497 e. The number of hydrogen-bond acceptors (Lipinski definition) is 8. The number of nitrogens with zero attached hydrogens (tertiary/aromatic N) is 6. The molecule has 0 N–H and O–H groups in total. The van der Waals surface area contributed by atoms with Crippen LogP contribution < -0.4 is 14.4 Å². The highest BCUT2D eigenvalue weighted by atomic mass is 35.5. The van der Waals surface area contributed by atoms with Gasteiger partial charge in [0.25, 0.3) is 0 Å². The Balaban J connectivity index is 0.00000289. The quantitative estimate of drug-likeness (QED) is 0.351. The molecule has 0 bridgehead atoms. The van der Waals surface area contributed by atoms with Gasteiger partial charge in [-0.15, -0.1) is 28.8 Å². The molecule has 2 aromatic carbocycles. The second-order valence-electron chi connectivity index (χ2n) is 8.14. The maximum Gasteiger partial charge on any atom is 0.173 e. The van der Waals surface area contributed by atoms with Crippen LogP contribution in [0.2, 0.25) is 0 Å². The van der Waals surface area contributed by atoms with Gasteiger partial charge in [0.1, 0.15) is 11.5 Å².